The molecule has 3 heteroatoms. The standard InChI is InChI=1S/C13H24N2O/c1-8(15-16-4)12-9(7-14)5-10-6-11(12)13(10,2)3/h9-11,15H,5-7,14H2,1-4H3. The van der Waals surface area contributed by atoms with E-state index in [0.29, 0.717) is 17.3 Å². The fourth-order valence-corrected chi connectivity index (χ4v) is 3.70. The lowest BCUT2D eigenvalue weighted by atomic mass is 9.45. The Morgan fingerprint density at radius 3 is 2.69 bits per heavy atom. The van der Waals surface area contributed by atoms with Gasteiger partial charge >= 0.3 is 0 Å². The first-order valence-electron chi connectivity index (χ1n) is 6.22. The number of hydroxylamine groups is 1. The van der Waals surface area contributed by atoms with Gasteiger partial charge in [0.25, 0.3) is 0 Å². The first-order chi connectivity index (χ1) is 7.52. The molecule has 3 nitrogen and oxygen atoms in total. The van der Waals surface area contributed by atoms with Crippen molar-refractivity contribution in [1.29, 1.82) is 0 Å². The van der Waals surface area contributed by atoms with Crippen molar-refractivity contribution in [2.24, 2.45) is 28.9 Å². The van der Waals surface area contributed by atoms with Crippen molar-refractivity contribution < 1.29 is 4.84 Å². The zero-order chi connectivity index (χ0) is 11.9. The second kappa shape index (κ2) is 4.04. The van der Waals surface area contributed by atoms with Gasteiger partial charge in [-0.15, -0.1) is 0 Å². The molecule has 0 amide bonds. The topological polar surface area (TPSA) is 47.3 Å². The summed E-state index contributed by atoms with van der Waals surface area (Å²) in [5.74, 6) is 2.12. The third-order valence-electron chi connectivity index (χ3n) is 4.83. The summed E-state index contributed by atoms with van der Waals surface area (Å²) >= 11 is 0. The van der Waals surface area contributed by atoms with Crippen molar-refractivity contribution in [3.05, 3.63) is 11.3 Å². The second-order valence-electron chi connectivity index (χ2n) is 5.86. The summed E-state index contributed by atoms with van der Waals surface area (Å²) in [5, 5.41) is 0. The molecule has 2 bridgehead atoms. The summed E-state index contributed by atoms with van der Waals surface area (Å²) < 4.78 is 0. The summed E-state index contributed by atoms with van der Waals surface area (Å²) in [5.41, 5.74) is 12.0. The third-order valence-corrected chi connectivity index (χ3v) is 4.83. The van der Waals surface area contributed by atoms with Crippen LogP contribution in [-0.4, -0.2) is 13.7 Å². The van der Waals surface area contributed by atoms with Gasteiger partial charge in [-0.25, -0.2) is 0 Å². The van der Waals surface area contributed by atoms with Gasteiger partial charge < -0.3 is 5.73 Å². The van der Waals surface area contributed by atoms with Crippen LogP contribution in [-0.2, 0) is 4.84 Å². The predicted octanol–water partition coefficient (Wildman–Crippen LogP) is 2.05. The molecule has 0 heterocycles. The van der Waals surface area contributed by atoms with Crippen LogP contribution in [0.4, 0.5) is 0 Å². The van der Waals surface area contributed by atoms with E-state index in [4.69, 9.17) is 10.6 Å². The first kappa shape index (κ1) is 11.9. The minimum absolute atomic E-state index is 0.456. The van der Waals surface area contributed by atoms with Crippen LogP contribution in [0.25, 0.3) is 0 Å². The van der Waals surface area contributed by atoms with Crippen LogP contribution in [0.2, 0.25) is 0 Å². The van der Waals surface area contributed by atoms with Crippen LogP contribution in [0.5, 0.6) is 0 Å². The van der Waals surface area contributed by atoms with E-state index >= 15 is 0 Å². The number of rotatable bonds is 3. The van der Waals surface area contributed by atoms with Crippen LogP contribution in [0.3, 0.4) is 0 Å². The van der Waals surface area contributed by atoms with Crippen molar-refractivity contribution >= 4 is 0 Å². The summed E-state index contributed by atoms with van der Waals surface area (Å²) in [6.07, 6.45) is 2.58. The predicted molar refractivity (Wildman–Crippen MR) is 65.4 cm³/mol. The van der Waals surface area contributed by atoms with Crippen LogP contribution < -0.4 is 11.2 Å². The maximum Gasteiger partial charge on any atom is 0.0636 e. The van der Waals surface area contributed by atoms with E-state index in [9.17, 15) is 0 Å². The zero-order valence-electron chi connectivity index (χ0n) is 10.8. The van der Waals surface area contributed by atoms with E-state index in [0.717, 1.165) is 12.5 Å². The van der Waals surface area contributed by atoms with Gasteiger partial charge in [-0.2, -0.15) is 0 Å². The highest BCUT2D eigenvalue weighted by Crippen LogP contribution is 2.63. The molecule has 0 aromatic heterocycles. The Balaban J connectivity index is 2.28. The van der Waals surface area contributed by atoms with Crippen molar-refractivity contribution in [1.82, 2.24) is 5.48 Å². The molecule has 3 atom stereocenters. The molecule has 0 saturated heterocycles. The molecule has 3 fully saturated rings. The van der Waals surface area contributed by atoms with E-state index in [1.165, 1.54) is 24.1 Å². The van der Waals surface area contributed by atoms with Crippen LogP contribution >= 0.6 is 0 Å². The monoisotopic (exact) mass is 224 g/mol. The number of hydrogen-bond acceptors (Lipinski definition) is 3. The number of fused-ring (bicyclic) bond motifs is 2. The largest absolute Gasteiger partial charge is 0.330 e. The molecular weight excluding hydrogens is 200 g/mol. The summed E-state index contributed by atoms with van der Waals surface area (Å²) in [6.45, 7) is 7.65. The van der Waals surface area contributed by atoms with Gasteiger partial charge in [-0.05, 0) is 55.1 Å². The number of nitrogens with one attached hydrogen (secondary N) is 1. The molecule has 3 rings (SSSR count). The average Bonchev–Trinajstić information content (AvgIpc) is 2.28. The van der Waals surface area contributed by atoms with Gasteiger partial charge in [-0.1, -0.05) is 13.8 Å². The molecule has 3 aliphatic rings. The van der Waals surface area contributed by atoms with Crippen LogP contribution in [0.15, 0.2) is 11.3 Å². The molecule has 0 aromatic carbocycles. The molecule has 3 unspecified atom stereocenters. The minimum atomic E-state index is 0.456. The van der Waals surface area contributed by atoms with E-state index in [1.54, 1.807) is 7.11 Å². The SMILES string of the molecule is CONC(C)=C1C(CN)CC2CC1C2(C)C. The maximum atomic E-state index is 5.90. The van der Waals surface area contributed by atoms with Gasteiger partial charge in [0.15, 0.2) is 0 Å². The Morgan fingerprint density at radius 1 is 1.50 bits per heavy atom. The average molecular weight is 224 g/mol. The number of hydrogen-bond donors (Lipinski definition) is 2. The summed E-state index contributed by atoms with van der Waals surface area (Å²) in [7, 11) is 1.67. The fourth-order valence-electron chi connectivity index (χ4n) is 3.70. The Labute approximate surface area is 98.4 Å². The Hall–Kier alpha value is -0.540. The van der Waals surface area contributed by atoms with Crippen molar-refractivity contribution in [3.8, 4) is 0 Å². The highest BCUT2D eigenvalue weighted by molar-refractivity contribution is 5.28. The molecule has 92 valence electrons. The Bertz CT molecular complexity index is 309. The first-order valence-corrected chi connectivity index (χ1v) is 6.22. The molecule has 0 aromatic rings. The van der Waals surface area contributed by atoms with Crippen molar-refractivity contribution in [2.45, 2.75) is 33.6 Å². The van der Waals surface area contributed by atoms with E-state index < -0.39 is 0 Å². The number of allylic oxidation sites excluding steroid dienone is 1. The highest BCUT2D eigenvalue weighted by atomic mass is 16.6. The van der Waals surface area contributed by atoms with Gasteiger partial charge in [0.05, 0.1) is 7.11 Å². The third kappa shape index (κ3) is 1.57. The lowest BCUT2D eigenvalue weighted by Crippen LogP contribution is -2.54. The quantitative estimate of drug-likeness (QED) is 0.721. The maximum absolute atomic E-state index is 5.90. The molecule has 16 heavy (non-hydrogen) atoms. The molecule has 3 N–H and O–H groups in total. The smallest absolute Gasteiger partial charge is 0.0636 e. The van der Waals surface area contributed by atoms with Gasteiger partial charge in [0.2, 0.25) is 0 Å². The minimum Gasteiger partial charge on any atom is -0.330 e. The van der Waals surface area contributed by atoms with Crippen LogP contribution in [0, 0.1) is 23.2 Å². The normalized spacial score (nSPS) is 38.9. The fraction of sp³-hybridized carbons (Fsp3) is 0.846. The van der Waals surface area contributed by atoms with Crippen LogP contribution in [0.1, 0.15) is 33.6 Å². The molecular formula is C13H24N2O. The molecule has 0 aliphatic heterocycles. The van der Waals surface area contributed by atoms with E-state index in [2.05, 4.69) is 26.3 Å². The Morgan fingerprint density at radius 2 is 2.19 bits per heavy atom. The summed E-state index contributed by atoms with van der Waals surface area (Å²) in [4.78, 5) is 5.03. The molecule has 0 spiro atoms. The number of nitrogens with two attached hydrogens (primary N) is 1. The summed E-state index contributed by atoms with van der Waals surface area (Å²) in [6, 6.07) is 0. The van der Waals surface area contributed by atoms with E-state index in [-0.39, 0.29) is 0 Å². The zero-order valence-corrected chi connectivity index (χ0v) is 10.8. The Kier molecular flexibility index (Phi) is 3.01. The van der Waals surface area contributed by atoms with Gasteiger partial charge in [0.1, 0.15) is 0 Å². The molecule has 3 aliphatic carbocycles. The van der Waals surface area contributed by atoms with E-state index in [1.807, 2.05) is 0 Å². The van der Waals surface area contributed by atoms with Gasteiger partial charge in [-0.3, -0.25) is 10.3 Å². The lowest BCUT2D eigenvalue weighted by molar-refractivity contribution is -0.0487. The molecule has 3 saturated carbocycles. The van der Waals surface area contributed by atoms with Crippen molar-refractivity contribution in [2.75, 3.05) is 13.7 Å². The van der Waals surface area contributed by atoms with Gasteiger partial charge in [0, 0.05) is 5.70 Å². The molecule has 0 radical (unpaired) electrons. The van der Waals surface area contributed by atoms with Crippen molar-refractivity contribution in [3.63, 3.8) is 0 Å². The highest BCUT2D eigenvalue weighted by Gasteiger charge is 2.55. The lowest BCUT2D eigenvalue weighted by Gasteiger charge is -2.60. The second-order valence-corrected chi connectivity index (χ2v) is 5.86.